The van der Waals surface area contributed by atoms with Crippen molar-refractivity contribution in [2.24, 2.45) is 11.8 Å². The Hall–Kier alpha value is -1.31. The fourth-order valence-corrected chi connectivity index (χ4v) is 1.89. The molecular weight excluding hydrogens is 188 g/mol. The first kappa shape index (κ1) is 10.2. The second-order valence-electron chi connectivity index (χ2n) is 4.48. The summed E-state index contributed by atoms with van der Waals surface area (Å²) in [5, 5.41) is 0. The van der Waals surface area contributed by atoms with Crippen LogP contribution in [-0.2, 0) is 9.53 Å². The number of carbonyl (C=O) groups excluding carboxylic acids is 1. The first-order valence-electron chi connectivity index (χ1n) is 5.36. The number of hydrogen-bond acceptors (Lipinski definition) is 2. The molecule has 0 aromatic carbocycles. The lowest BCUT2D eigenvalue weighted by molar-refractivity contribution is -0.121. The van der Waals surface area contributed by atoms with E-state index in [4.69, 9.17) is 4.74 Å². The van der Waals surface area contributed by atoms with Crippen molar-refractivity contribution in [1.82, 2.24) is 0 Å². The van der Waals surface area contributed by atoms with Gasteiger partial charge in [0.1, 0.15) is 11.9 Å². The Balaban J connectivity index is 2.29. The minimum Gasteiger partial charge on any atom is -0.489 e. The van der Waals surface area contributed by atoms with E-state index in [2.05, 4.69) is 0 Å². The van der Waals surface area contributed by atoms with Gasteiger partial charge in [0.05, 0.1) is 5.92 Å². The molecule has 15 heavy (non-hydrogen) atoms. The Bertz CT molecular complexity index is 372. The van der Waals surface area contributed by atoms with Crippen LogP contribution in [0.25, 0.3) is 0 Å². The number of carbonyl (C=O) groups is 1. The third-order valence-electron chi connectivity index (χ3n) is 2.80. The quantitative estimate of drug-likeness (QED) is 0.656. The molecule has 0 amide bonds. The van der Waals surface area contributed by atoms with Gasteiger partial charge in [-0.1, -0.05) is 31.6 Å². The minimum absolute atomic E-state index is 0.0939. The van der Waals surface area contributed by atoms with Crippen LogP contribution in [-0.4, -0.2) is 11.9 Å². The van der Waals surface area contributed by atoms with Crippen LogP contribution in [0.2, 0.25) is 0 Å². The second-order valence-corrected chi connectivity index (χ2v) is 4.48. The van der Waals surface area contributed by atoms with E-state index in [0.717, 1.165) is 11.3 Å². The number of ketones is 1. The van der Waals surface area contributed by atoms with E-state index in [0.29, 0.717) is 0 Å². The maximum atomic E-state index is 11.9. The van der Waals surface area contributed by atoms with Crippen LogP contribution in [0, 0.1) is 11.8 Å². The van der Waals surface area contributed by atoms with Crippen molar-refractivity contribution < 1.29 is 9.53 Å². The largest absolute Gasteiger partial charge is 0.489 e. The van der Waals surface area contributed by atoms with E-state index in [9.17, 15) is 4.79 Å². The van der Waals surface area contributed by atoms with Gasteiger partial charge >= 0.3 is 0 Å². The van der Waals surface area contributed by atoms with Crippen LogP contribution in [0.1, 0.15) is 20.8 Å². The molecule has 0 saturated carbocycles. The maximum Gasteiger partial charge on any atom is 0.169 e. The summed E-state index contributed by atoms with van der Waals surface area (Å²) in [5.41, 5.74) is 1.13. The van der Waals surface area contributed by atoms with Crippen molar-refractivity contribution in [2.45, 2.75) is 26.9 Å². The molecule has 0 aromatic rings. The van der Waals surface area contributed by atoms with E-state index in [1.165, 1.54) is 0 Å². The lowest BCUT2D eigenvalue weighted by Crippen LogP contribution is -2.33. The Labute approximate surface area is 90.3 Å². The fourth-order valence-electron chi connectivity index (χ4n) is 1.89. The average Bonchev–Trinajstić information content (AvgIpc) is 2.18. The van der Waals surface area contributed by atoms with Crippen LogP contribution in [0.15, 0.2) is 35.6 Å². The van der Waals surface area contributed by atoms with Crippen molar-refractivity contribution in [3.05, 3.63) is 35.6 Å². The fraction of sp³-hybridized carbons (Fsp3) is 0.462. The van der Waals surface area contributed by atoms with Crippen LogP contribution < -0.4 is 0 Å². The third kappa shape index (κ3) is 1.89. The van der Waals surface area contributed by atoms with Gasteiger partial charge in [0.25, 0.3) is 0 Å². The molecule has 0 aromatic heterocycles. The topological polar surface area (TPSA) is 26.3 Å². The molecule has 0 saturated heterocycles. The average molecular weight is 204 g/mol. The summed E-state index contributed by atoms with van der Waals surface area (Å²) in [6.45, 7) is 6.07. The lowest BCUT2D eigenvalue weighted by Gasteiger charge is -2.31. The van der Waals surface area contributed by atoms with Gasteiger partial charge in [-0.3, -0.25) is 4.79 Å². The van der Waals surface area contributed by atoms with E-state index in [1.807, 2.05) is 39.0 Å². The van der Waals surface area contributed by atoms with Crippen molar-refractivity contribution in [3.63, 3.8) is 0 Å². The highest BCUT2D eigenvalue weighted by Gasteiger charge is 2.32. The van der Waals surface area contributed by atoms with Crippen molar-refractivity contribution in [2.75, 3.05) is 0 Å². The zero-order valence-corrected chi connectivity index (χ0v) is 9.36. The second kappa shape index (κ2) is 3.69. The molecule has 2 heteroatoms. The maximum absolute atomic E-state index is 11.9. The van der Waals surface area contributed by atoms with Gasteiger partial charge in [-0.15, -0.1) is 0 Å². The SMILES string of the molecule is CC1=CC2C(=O)C=C(C(C)C)OC2C=C1. The standard InChI is InChI=1S/C13H16O2/c1-8(2)13-7-11(14)10-6-9(3)4-5-12(10)15-13/h4-8,10,12H,1-3H3. The minimum atomic E-state index is -0.113. The van der Waals surface area contributed by atoms with Gasteiger partial charge in [0.15, 0.2) is 5.78 Å². The molecule has 2 rings (SSSR count). The first-order valence-corrected chi connectivity index (χ1v) is 5.36. The Kier molecular flexibility index (Phi) is 2.51. The molecule has 2 unspecified atom stereocenters. The molecule has 1 aliphatic carbocycles. The molecule has 1 heterocycles. The van der Waals surface area contributed by atoms with Gasteiger partial charge in [-0.05, 0) is 13.0 Å². The molecular formula is C13H16O2. The molecule has 2 nitrogen and oxygen atoms in total. The van der Waals surface area contributed by atoms with E-state index in [-0.39, 0.29) is 23.7 Å². The van der Waals surface area contributed by atoms with Crippen molar-refractivity contribution >= 4 is 5.78 Å². The molecule has 0 N–H and O–H groups in total. The van der Waals surface area contributed by atoms with Crippen LogP contribution in [0.3, 0.4) is 0 Å². The highest BCUT2D eigenvalue weighted by Crippen LogP contribution is 2.29. The van der Waals surface area contributed by atoms with Crippen LogP contribution in [0.4, 0.5) is 0 Å². The number of fused-ring (bicyclic) bond motifs is 1. The summed E-state index contributed by atoms with van der Waals surface area (Å²) >= 11 is 0. The Morgan fingerprint density at radius 2 is 2.13 bits per heavy atom. The highest BCUT2D eigenvalue weighted by atomic mass is 16.5. The Morgan fingerprint density at radius 1 is 1.40 bits per heavy atom. The van der Waals surface area contributed by atoms with E-state index >= 15 is 0 Å². The Morgan fingerprint density at radius 3 is 2.80 bits per heavy atom. The normalized spacial score (nSPS) is 29.5. The van der Waals surface area contributed by atoms with Crippen LogP contribution >= 0.6 is 0 Å². The molecule has 2 aliphatic rings. The number of hydrogen-bond donors (Lipinski definition) is 0. The van der Waals surface area contributed by atoms with Gasteiger partial charge < -0.3 is 4.74 Å². The molecule has 0 bridgehead atoms. The number of allylic oxidation sites excluding steroid dienone is 4. The molecule has 80 valence electrons. The predicted molar refractivity (Wildman–Crippen MR) is 59.2 cm³/mol. The van der Waals surface area contributed by atoms with Gasteiger partial charge in [-0.25, -0.2) is 0 Å². The number of ether oxygens (including phenoxy) is 1. The summed E-state index contributed by atoms with van der Waals surface area (Å²) in [4.78, 5) is 11.9. The first-order chi connectivity index (χ1) is 7.08. The summed E-state index contributed by atoms with van der Waals surface area (Å²) in [5.74, 6) is 1.13. The highest BCUT2D eigenvalue weighted by molar-refractivity contribution is 5.95. The zero-order chi connectivity index (χ0) is 11.0. The lowest BCUT2D eigenvalue weighted by atomic mass is 9.87. The van der Waals surface area contributed by atoms with E-state index in [1.54, 1.807) is 6.08 Å². The van der Waals surface area contributed by atoms with Crippen LogP contribution in [0.5, 0.6) is 0 Å². The predicted octanol–water partition coefficient (Wildman–Crippen LogP) is 2.63. The third-order valence-corrected chi connectivity index (χ3v) is 2.80. The monoisotopic (exact) mass is 204 g/mol. The molecule has 0 fully saturated rings. The summed E-state index contributed by atoms with van der Waals surface area (Å²) in [6.07, 6.45) is 7.53. The smallest absolute Gasteiger partial charge is 0.169 e. The summed E-state index contributed by atoms with van der Waals surface area (Å²) in [6, 6.07) is 0. The zero-order valence-electron chi connectivity index (χ0n) is 9.36. The summed E-state index contributed by atoms with van der Waals surface area (Å²) < 4.78 is 5.78. The molecule has 1 aliphatic heterocycles. The van der Waals surface area contributed by atoms with Gasteiger partial charge in [0.2, 0.25) is 0 Å². The van der Waals surface area contributed by atoms with Gasteiger partial charge in [0, 0.05) is 12.0 Å². The van der Waals surface area contributed by atoms with Crippen molar-refractivity contribution in [1.29, 1.82) is 0 Å². The number of rotatable bonds is 1. The van der Waals surface area contributed by atoms with Crippen molar-refractivity contribution in [3.8, 4) is 0 Å². The summed E-state index contributed by atoms with van der Waals surface area (Å²) in [7, 11) is 0. The van der Waals surface area contributed by atoms with Gasteiger partial charge in [-0.2, -0.15) is 0 Å². The van der Waals surface area contributed by atoms with E-state index < -0.39 is 0 Å². The molecule has 0 spiro atoms. The molecule has 0 radical (unpaired) electrons. The molecule has 2 atom stereocenters.